The SMILES string of the molecule is CC(C)N1CCN(Cc2ccc(-n3cccc3)cc2)CC1.O=C(O)C(F)(F)F. The summed E-state index contributed by atoms with van der Waals surface area (Å²) < 4.78 is 33.9. The highest BCUT2D eigenvalue weighted by Gasteiger charge is 2.38. The summed E-state index contributed by atoms with van der Waals surface area (Å²) in [7, 11) is 0. The van der Waals surface area contributed by atoms with Crippen LogP contribution in [0.15, 0.2) is 48.8 Å². The third kappa shape index (κ3) is 6.69. The molecule has 1 aromatic heterocycles. The maximum atomic E-state index is 10.6. The Kier molecular flexibility index (Phi) is 7.65. The van der Waals surface area contributed by atoms with Crippen molar-refractivity contribution in [2.24, 2.45) is 0 Å². The lowest BCUT2D eigenvalue weighted by Gasteiger charge is -2.36. The molecule has 1 aromatic carbocycles. The minimum Gasteiger partial charge on any atom is -0.475 e. The lowest BCUT2D eigenvalue weighted by molar-refractivity contribution is -0.192. The Morgan fingerprint density at radius 2 is 1.54 bits per heavy atom. The topological polar surface area (TPSA) is 48.7 Å². The van der Waals surface area contributed by atoms with Crippen molar-refractivity contribution in [2.45, 2.75) is 32.6 Å². The van der Waals surface area contributed by atoms with E-state index in [1.165, 1.54) is 37.4 Å². The van der Waals surface area contributed by atoms with Gasteiger partial charge in [-0.2, -0.15) is 13.2 Å². The quantitative estimate of drug-likeness (QED) is 0.856. The minimum absolute atomic E-state index is 0.674. The summed E-state index contributed by atoms with van der Waals surface area (Å²) in [4.78, 5) is 14.0. The Morgan fingerprint density at radius 3 is 1.96 bits per heavy atom. The molecule has 1 saturated heterocycles. The van der Waals surface area contributed by atoms with Gasteiger partial charge in [0.25, 0.3) is 0 Å². The van der Waals surface area contributed by atoms with E-state index in [4.69, 9.17) is 9.90 Å². The highest BCUT2D eigenvalue weighted by atomic mass is 19.4. The highest BCUT2D eigenvalue weighted by molar-refractivity contribution is 5.73. The predicted molar refractivity (Wildman–Crippen MR) is 101 cm³/mol. The molecule has 0 spiro atoms. The summed E-state index contributed by atoms with van der Waals surface area (Å²) >= 11 is 0. The first-order valence-corrected chi connectivity index (χ1v) is 9.15. The fraction of sp³-hybridized carbons (Fsp3) is 0.450. The van der Waals surface area contributed by atoms with Crippen molar-refractivity contribution < 1.29 is 23.1 Å². The number of nitrogens with zero attached hydrogens (tertiary/aromatic N) is 3. The van der Waals surface area contributed by atoms with Gasteiger partial charge in [-0.15, -0.1) is 0 Å². The molecule has 2 aromatic rings. The first kappa shape index (κ1) is 22.0. The second kappa shape index (κ2) is 9.75. The van der Waals surface area contributed by atoms with Crippen molar-refractivity contribution in [3.63, 3.8) is 0 Å². The summed E-state index contributed by atoms with van der Waals surface area (Å²) in [6.07, 6.45) is -0.916. The van der Waals surface area contributed by atoms with Gasteiger partial charge in [0.1, 0.15) is 0 Å². The number of halogens is 3. The molecule has 154 valence electrons. The van der Waals surface area contributed by atoms with Crippen molar-refractivity contribution in [3.8, 4) is 5.69 Å². The molecule has 28 heavy (non-hydrogen) atoms. The molecule has 0 saturated carbocycles. The summed E-state index contributed by atoms with van der Waals surface area (Å²) in [5.41, 5.74) is 2.64. The molecule has 5 nitrogen and oxygen atoms in total. The molecule has 0 aliphatic carbocycles. The van der Waals surface area contributed by atoms with Crippen LogP contribution in [0.3, 0.4) is 0 Å². The van der Waals surface area contributed by atoms with Crippen molar-refractivity contribution >= 4 is 5.97 Å². The molecule has 1 fully saturated rings. The third-order valence-corrected chi connectivity index (χ3v) is 4.62. The van der Waals surface area contributed by atoms with Crippen LogP contribution in [0.4, 0.5) is 13.2 Å². The normalized spacial score (nSPS) is 15.9. The Morgan fingerprint density at radius 1 is 1.04 bits per heavy atom. The molecule has 1 N–H and O–H groups in total. The minimum atomic E-state index is -5.08. The lowest BCUT2D eigenvalue weighted by Crippen LogP contribution is -2.48. The fourth-order valence-electron chi connectivity index (χ4n) is 2.98. The van der Waals surface area contributed by atoms with Gasteiger partial charge in [-0.3, -0.25) is 9.80 Å². The molecule has 0 atom stereocenters. The van der Waals surface area contributed by atoms with Crippen molar-refractivity contribution in [2.75, 3.05) is 26.2 Å². The summed E-state index contributed by atoms with van der Waals surface area (Å²) in [6.45, 7) is 10.4. The molecule has 3 rings (SSSR count). The molecular weight excluding hydrogens is 371 g/mol. The van der Waals surface area contributed by atoms with Crippen molar-refractivity contribution in [1.82, 2.24) is 14.4 Å². The Bertz CT molecular complexity index is 720. The number of hydrogen-bond acceptors (Lipinski definition) is 3. The molecule has 0 bridgehead atoms. The van der Waals surface area contributed by atoms with Crippen LogP contribution in [0.1, 0.15) is 19.4 Å². The lowest BCUT2D eigenvalue weighted by atomic mass is 10.1. The van der Waals surface area contributed by atoms with Crippen molar-refractivity contribution in [3.05, 3.63) is 54.4 Å². The molecule has 0 amide bonds. The Hall–Kier alpha value is -2.32. The number of carboxylic acids is 1. The molecular formula is C20H26F3N3O2. The maximum Gasteiger partial charge on any atom is 0.490 e. The summed E-state index contributed by atoms with van der Waals surface area (Å²) in [6, 6.07) is 13.7. The zero-order chi connectivity index (χ0) is 20.7. The zero-order valence-corrected chi connectivity index (χ0v) is 16.1. The number of carbonyl (C=O) groups is 1. The van der Waals surface area contributed by atoms with E-state index in [9.17, 15) is 13.2 Å². The Labute approximate surface area is 163 Å². The number of alkyl halides is 3. The largest absolute Gasteiger partial charge is 0.490 e. The van der Waals surface area contributed by atoms with E-state index < -0.39 is 12.1 Å². The molecule has 8 heteroatoms. The van der Waals surface area contributed by atoms with Gasteiger partial charge in [0.2, 0.25) is 0 Å². The van der Waals surface area contributed by atoms with Crippen LogP contribution < -0.4 is 0 Å². The Balaban J connectivity index is 0.000000345. The van der Waals surface area contributed by atoms with E-state index in [1.807, 2.05) is 0 Å². The third-order valence-electron chi connectivity index (χ3n) is 4.62. The van der Waals surface area contributed by atoms with E-state index in [2.05, 4.69) is 77.0 Å². The maximum absolute atomic E-state index is 10.6. The first-order valence-electron chi connectivity index (χ1n) is 9.15. The van der Waals surface area contributed by atoms with Crippen LogP contribution in [0, 0.1) is 0 Å². The van der Waals surface area contributed by atoms with Gasteiger partial charge < -0.3 is 9.67 Å². The van der Waals surface area contributed by atoms with Gasteiger partial charge in [0.15, 0.2) is 0 Å². The molecule has 1 aliphatic rings. The van der Waals surface area contributed by atoms with Gasteiger partial charge in [0.05, 0.1) is 0 Å². The van der Waals surface area contributed by atoms with E-state index in [1.54, 1.807) is 0 Å². The van der Waals surface area contributed by atoms with E-state index >= 15 is 0 Å². The molecule has 1 aliphatic heterocycles. The molecule has 2 heterocycles. The van der Waals surface area contributed by atoms with Gasteiger partial charge in [-0.1, -0.05) is 12.1 Å². The smallest absolute Gasteiger partial charge is 0.475 e. The predicted octanol–water partition coefficient (Wildman–Crippen LogP) is 3.64. The molecule has 0 radical (unpaired) electrons. The standard InChI is InChI=1S/C18H25N3.C2HF3O2/c1-16(2)20-13-11-19(12-14-20)15-17-5-7-18(8-6-17)21-9-3-4-10-21;3-2(4,5)1(6)7/h3-10,16H,11-15H2,1-2H3;(H,6,7). The molecule has 0 unspecified atom stereocenters. The number of carboxylic acid groups (broad SMARTS) is 1. The van der Waals surface area contributed by atoms with Crippen LogP contribution in [-0.2, 0) is 11.3 Å². The average molecular weight is 397 g/mol. The van der Waals surface area contributed by atoms with E-state index in [0.29, 0.717) is 6.04 Å². The van der Waals surface area contributed by atoms with E-state index in [-0.39, 0.29) is 0 Å². The van der Waals surface area contributed by atoms with Crippen LogP contribution in [0.2, 0.25) is 0 Å². The van der Waals surface area contributed by atoms with Crippen LogP contribution >= 0.6 is 0 Å². The number of aromatic nitrogens is 1. The average Bonchev–Trinajstić information content (AvgIpc) is 3.17. The number of rotatable bonds is 4. The summed E-state index contributed by atoms with van der Waals surface area (Å²) in [5.74, 6) is -2.76. The van der Waals surface area contributed by atoms with Gasteiger partial charge in [-0.25, -0.2) is 4.79 Å². The van der Waals surface area contributed by atoms with Crippen molar-refractivity contribution in [1.29, 1.82) is 0 Å². The monoisotopic (exact) mass is 397 g/mol. The number of benzene rings is 1. The van der Waals surface area contributed by atoms with Crippen LogP contribution in [-0.4, -0.2) is 63.8 Å². The number of hydrogen-bond donors (Lipinski definition) is 1. The van der Waals surface area contributed by atoms with Gasteiger partial charge in [-0.05, 0) is 43.7 Å². The first-order chi connectivity index (χ1) is 13.2. The fourth-order valence-corrected chi connectivity index (χ4v) is 2.98. The van der Waals surface area contributed by atoms with Gasteiger partial charge >= 0.3 is 12.1 Å². The van der Waals surface area contributed by atoms with Gasteiger partial charge in [0, 0.05) is 56.8 Å². The highest BCUT2D eigenvalue weighted by Crippen LogP contribution is 2.14. The number of piperazine rings is 1. The van der Waals surface area contributed by atoms with Crippen LogP contribution in [0.5, 0.6) is 0 Å². The van der Waals surface area contributed by atoms with E-state index in [0.717, 1.165) is 6.54 Å². The zero-order valence-electron chi connectivity index (χ0n) is 16.1. The summed E-state index contributed by atoms with van der Waals surface area (Å²) in [5, 5.41) is 7.12. The van der Waals surface area contributed by atoms with Crippen LogP contribution in [0.25, 0.3) is 5.69 Å². The second-order valence-corrected chi connectivity index (χ2v) is 6.97. The second-order valence-electron chi connectivity index (χ2n) is 6.97. The number of aliphatic carboxylic acids is 1.